The number of H-pyrrole nitrogens is 1. The summed E-state index contributed by atoms with van der Waals surface area (Å²) in [6.45, 7) is 6.46. The Labute approximate surface area is 135 Å². The zero-order chi connectivity index (χ0) is 17.0. The highest BCUT2D eigenvalue weighted by Gasteiger charge is 2.27. The number of benzene rings is 1. The van der Waals surface area contributed by atoms with E-state index >= 15 is 0 Å². The molecule has 0 radical (unpaired) electrons. The van der Waals surface area contributed by atoms with Gasteiger partial charge in [0.15, 0.2) is 0 Å². The van der Waals surface area contributed by atoms with E-state index in [1.807, 2.05) is 6.92 Å². The van der Waals surface area contributed by atoms with Crippen LogP contribution in [0.4, 0.5) is 4.39 Å². The minimum absolute atomic E-state index is 0.250. The lowest BCUT2D eigenvalue weighted by atomic mass is 9.90. The Morgan fingerprint density at radius 3 is 2.61 bits per heavy atom. The third-order valence-corrected chi connectivity index (χ3v) is 3.69. The Bertz CT molecular complexity index is 665. The molecule has 2 aromatic rings. The fraction of sp³-hybridized carbons (Fsp3) is 0.412. The summed E-state index contributed by atoms with van der Waals surface area (Å²) in [7, 11) is 0. The van der Waals surface area contributed by atoms with Gasteiger partial charge in [-0.15, -0.1) is 0 Å². The predicted octanol–water partition coefficient (Wildman–Crippen LogP) is 2.71. The molecule has 0 saturated carbocycles. The summed E-state index contributed by atoms with van der Waals surface area (Å²) in [4.78, 5) is 12.4. The molecule has 5 nitrogen and oxygen atoms in total. The second-order valence-electron chi connectivity index (χ2n) is 6.49. The molecule has 0 bridgehead atoms. The molecule has 0 aliphatic carbocycles. The van der Waals surface area contributed by atoms with E-state index in [2.05, 4.69) is 29.4 Å². The van der Waals surface area contributed by atoms with Gasteiger partial charge in [0.1, 0.15) is 11.5 Å². The normalized spacial score (nSPS) is 13.8. The van der Waals surface area contributed by atoms with Crippen molar-refractivity contribution in [2.24, 2.45) is 11.7 Å². The summed E-state index contributed by atoms with van der Waals surface area (Å²) >= 11 is 0. The first-order valence-electron chi connectivity index (χ1n) is 7.67. The van der Waals surface area contributed by atoms with E-state index in [-0.39, 0.29) is 11.7 Å². The van der Waals surface area contributed by atoms with Gasteiger partial charge in [-0.05, 0) is 49.6 Å². The molecular weight excluding hydrogens is 295 g/mol. The van der Waals surface area contributed by atoms with E-state index in [1.165, 1.54) is 12.1 Å². The van der Waals surface area contributed by atoms with E-state index < -0.39 is 5.54 Å². The molecule has 1 atom stereocenters. The number of carbonyl (C=O) groups excluding carboxylic acids is 1. The minimum Gasteiger partial charge on any atom is -0.344 e. The van der Waals surface area contributed by atoms with Crippen LogP contribution in [0.15, 0.2) is 30.3 Å². The van der Waals surface area contributed by atoms with Crippen molar-refractivity contribution in [2.45, 2.75) is 32.7 Å². The number of aromatic nitrogens is 2. The molecule has 124 valence electrons. The number of halogens is 1. The Balaban J connectivity index is 2.13. The molecule has 23 heavy (non-hydrogen) atoms. The van der Waals surface area contributed by atoms with Crippen LogP contribution in [-0.2, 0) is 0 Å². The fourth-order valence-corrected chi connectivity index (χ4v) is 2.63. The van der Waals surface area contributed by atoms with Gasteiger partial charge in [-0.1, -0.05) is 13.8 Å². The number of nitrogens with two attached hydrogens (primary N) is 1. The second-order valence-corrected chi connectivity index (χ2v) is 6.49. The van der Waals surface area contributed by atoms with Crippen molar-refractivity contribution in [2.75, 3.05) is 6.54 Å². The standard InChI is InChI=1S/C17H23FN4O/c1-11(2)9-17(3,10-19)20-16(23)15-8-14(21-22-15)12-4-6-13(18)7-5-12/h4-8,11H,9-10,19H2,1-3H3,(H,20,23)(H,21,22). The van der Waals surface area contributed by atoms with Crippen molar-refractivity contribution in [3.63, 3.8) is 0 Å². The summed E-state index contributed by atoms with van der Waals surface area (Å²) in [5, 5.41) is 9.81. The van der Waals surface area contributed by atoms with E-state index in [0.29, 0.717) is 23.9 Å². The summed E-state index contributed by atoms with van der Waals surface area (Å²) < 4.78 is 13.0. The maximum atomic E-state index is 13.0. The Morgan fingerprint density at radius 1 is 1.39 bits per heavy atom. The summed E-state index contributed by atoms with van der Waals surface area (Å²) in [6.07, 6.45) is 0.786. The molecule has 4 N–H and O–H groups in total. The van der Waals surface area contributed by atoms with Crippen LogP contribution >= 0.6 is 0 Å². The number of aromatic amines is 1. The number of carbonyl (C=O) groups is 1. The maximum Gasteiger partial charge on any atom is 0.269 e. The molecule has 0 fully saturated rings. The summed E-state index contributed by atoms with van der Waals surface area (Å²) in [5.74, 6) is -0.144. The highest BCUT2D eigenvalue weighted by atomic mass is 19.1. The van der Waals surface area contributed by atoms with Gasteiger partial charge in [0.05, 0.1) is 11.2 Å². The number of nitrogens with zero attached hydrogens (tertiary/aromatic N) is 1. The van der Waals surface area contributed by atoms with Gasteiger partial charge in [-0.2, -0.15) is 5.10 Å². The second kappa shape index (κ2) is 6.91. The van der Waals surface area contributed by atoms with Crippen LogP contribution in [0.5, 0.6) is 0 Å². The lowest BCUT2D eigenvalue weighted by molar-refractivity contribution is 0.0893. The predicted molar refractivity (Wildman–Crippen MR) is 88.4 cm³/mol. The Morgan fingerprint density at radius 2 is 2.04 bits per heavy atom. The number of nitrogens with one attached hydrogen (secondary N) is 2. The van der Waals surface area contributed by atoms with Crippen molar-refractivity contribution in [3.8, 4) is 11.3 Å². The average molecular weight is 318 g/mol. The summed E-state index contributed by atoms with van der Waals surface area (Å²) in [6, 6.07) is 7.61. The first-order valence-corrected chi connectivity index (χ1v) is 7.67. The molecule has 2 rings (SSSR count). The van der Waals surface area contributed by atoms with Crippen molar-refractivity contribution in [1.29, 1.82) is 0 Å². The van der Waals surface area contributed by atoms with Crippen LogP contribution in [-0.4, -0.2) is 28.2 Å². The highest BCUT2D eigenvalue weighted by Crippen LogP contribution is 2.19. The van der Waals surface area contributed by atoms with Crippen LogP contribution in [0.1, 0.15) is 37.7 Å². The molecule has 0 aliphatic heterocycles. The van der Waals surface area contributed by atoms with Gasteiger partial charge < -0.3 is 11.1 Å². The number of amides is 1. The third-order valence-electron chi connectivity index (χ3n) is 3.69. The molecule has 1 aromatic heterocycles. The molecule has 1 aromatic carbocycles. The van der Waals surface area contributed by atoms with Crippen molar-refractivity contribution < 1.29 is 9.18 Å². The summed E-state index contributed by atoms with van der Waals surface area (Å²) in [5.41, 5.74) is 7.04. The van der Waals surface area contributed by atoms with Gasteiger partial charge in [0.25, 0.3) is 5.91 Å². The molecule has 1 amide bonds. The van der Waals surface area contributed by atoms with Crippen LogP contribution in [0.25, 0.3) is 11.3 Å². The smallest absolute Gasteiger partial charge is 0.269 e. The van der Waals surface area contributed by atoms with E-state index in [0.717, 1.165) is 12.0 Å². The van der Waals surface area contributed by atoms with Crippen LogP contribution < -0.4 is 11.1 Å². The number of rotatable bonds is 6. The quantitative estimate of drug-likeness (QED) is 0.765. The van der Waals surface area contributed by atoms with Gasteiger partial charge in [0.2, 0.25) is 0 Å². The van der Waals surface area contributed by atoms with Gasteiger partial charge >= 0.3 is 0 Å². The van der Waals surface area contributed by atoms with Crippen molar-refractivity contribution in [3.05, 3.63) is 41.8 Å². The van der Waals surface area contributed by atoms with E-state index in [4.69, 9.17) is 5.73 Å². The lowest BCUT2D eigenvalue weighted by Crippen LogP contribution is -2.52. The monoisotopic (exact) mass is 318 g/mol. The number of hydrogen-bond donors (Lipinski definition) is 3. The lowest BCUT2D eigenvalue weighted by Gasteiger charge is -2.30. The highest BCUT2D eigenvalue weighted by molar-refractivity contribution is 5.93. The fourth-order valence-electron chi connectivity index (χ4n) is 2.63. The molecule has 1 unspecified atom stereocenters. The molecule has 0 spiro atoms. The first kappa shape index (κ1) is 17.1. The molecule has 6 heteroatoms. The Hall–Kier alpha value is -2.21. The largest absolute Gasteiger partial charge is 0.344 e. The average Bonchev–Trinajstić information content (AvgIpc) is 2.97. The van der Waals surface area contributed by atoms with Crippen molar-refractivity contribution >= 4 is 5.91 Å². The van der Waals surface area contributed by atoms with Crippen LogP contribution in [0, 0.1) is 11.7 Å². The SMILES string of the molecule is CC(C)CC(C)(CN)NC(=O)c1cc(-c2ccc(F)cc2)n[nH]1. The molecule has 0 aliphatic rings. The maximum absolute atomic E-state index is 13.0. The van der Waals surface area contributed by atoms with E-state index in [1.54, 1.807) is 18.2 Å². The van der Waals surface area contributed by atoms with Crippen molar-refractivity contribution in [1.82, 2.24) is 15.5 Å². The van der Waals surface area contributed by atoms with Crippen LogP contribution in [0.3, 0.4) is 0 Å². The van der Waals surface area contributed by atoms with E-state index in [9.17, 15) is 9.18 Å². The minimum atomic E-state index is -0.466. The molecule has 1 heterocycles. The zero-order valence-electron chi connectivity index (χ0n) is 13.7. The topological polar surface area (TPSA) is 83.8 Å². The Kier molecular flexibility index (Phi) is 5.15. The number of hydrogen-bond acceptors (Lipinski definition) is 3. The zero-order valence-corrected chi connectivity index (χ0v) is 13.7. The third kappa shape index (κ3) is 4.39. The van der Waals surface area contributed by atoms with Crippen LogP contribution in [0.2, 0.25) is 0 Å². The molecular formula is C17H23FN4O. The first-order chi connectivity index (χ1) is 10.8. The van der Waals surface area contributed by atoms with Gasteiger partial charge in [-0.25, -0.2) is 4.39 Å². The van der Waals surface area contributed by atoms with Gasteiger partial charge in [0, 0.05) is 12.1 Å². The van der Waals surface area contributed by atoms with Gasteiger partial charge in [-0.3, -0.25) is 9.89 Å². The molecule has 0 saturated heterocycles.